The van der Waals surface area contributed by atoms with E-state index in [9.17, 15) is 9.59 Å². The van der Waals surface area contributed by atoms with Gasteiger partial charge in [-0.05, 0) is 34.1 Å². The van der Waals surface area contributed by atoms with Crippen molar-refractivity contribution in [2.45, 2.75) is 58.5 Å². The maximum absolute atomic E-state index is 11.5. The fourth-order valence-electron chi connectivity index (χ4n) is 2.61. The van der Waals surface area contributed by atoms with Crippen LogP contribution < -0.4 is 5.73 Å². The van der Waals surface area contributed by atoms with Crippen LogP contribution in [0.5, 0.6) is 0 Å². The molecule has 5 heteroatoms. The Kier molecular flexibility index (Phi) is 3.52. The van der Waals surface area contributed by atoms with Crippen molar-refractivity contribution in [3.63, 3.8) is 0 Å². The third-order valence-corrected chi connectivity index (χ3v) is 3.45. The second-order valence-corrected chi connectivity index (χ2v) is 5.74. The van der Waals surface area contributed by atoms with E-state index in [0.717, 1.165) is 0 Å². The number of hydrogen-bond donors (Lipinski definition) is 1. The lowest BCUT2D eigenvalue weighted by atomic mass is 9.86. The highest BCUT2D eigenvalue weighted by Gasteiger charge is 2.56. The van der Waals surface area contributed by atoms with Crippen LogP contribution in [0.1, 0.15) is 47.5 Å². The van der Waals surface area contributed by atoms with E-state index in [1.165, 1.54) is 0 Å². The molecule has 1 amide bonds. The first kappa shape index (κ1) is 14.0. The Morgan fingerprint density at radius 1 is 1.35 bits per heavy atom. The van der Waals surface area contributed by atoms with Crippen LogP contribution in [-0.4, -0.2) is 28.0 Å². The van der Waals surface area contributed by atoms with Crippen molar-refractivity contribution in [3.8, 4) is 0 Å². The summed E-state index contributed by atoms with van der Waals surface area (Å²) in [6, 6.07) is 0. The molecule has 98 valence electrons. The molecule has 0 bridgehead atoms. The average Bonchev–Trinajstić information content (AvgIpc) is 2.37. The molecule has 0 aromatic carbocycles. The summed E-state index contributed by atoms with van der Waals surface area (Å²) in [6.45, 7) is 9.38. The molecule has 1 fully saturated rings. The summed E-state index contributed by atoms with van der Waals surface area (Å²) >= 11 is 0. The minimum Gasteiger partial charge on any atom is -0.369 e. The number of primary amides is 1. The average molecular weight is 242 g/mol. The van der Waals surface area contributed by atoms with E-state index in [4.69, 9.17) is 10.6 Å². The number of rotatable bonds is 3. The van der Waals surface area contributed by atoms with Crippen molar-refractivity contribution in [3.05, 3.63) is 0 Å². The van der Waals surface area contributed by atoms with E-state index in [1.54, 1.807) is 12.0 Å². The van der Waals surface area contributed by atoms with Gasteiger partial charge in [0.25, 0.3) is 0 Å². The van der Waals surface area contributed by atoms with Gasteiger partial charge in [0.1, 0.15) is 0 Å². The van der Waals surface area contributed by atoms with E-state index >= 15 is 0 Å². The molecule has 1 rings (SSSR count). The number of nitrogens with zero attached hydrogens (tertiary/aromatic N) is 1. The predicted molar refractivity (Wildman–Crippen MR) is 63.7 cm³/mol. The van der Waals surface area contributed by atoms with Gasteiger partial charge in [-0.2, -0.15) is 0 Å². The molecule has 1 unspecified atom stereocenters. The van der Waals surface area contributed by atoms with Gasteiger partial charge >= 0.3 is 5.97 Å². The van der Waals surface area contributed by atoms with E-state index in [0.29, 0.717) is 12.8 Å². The molecule has 1 saturated heterocycles. The Hall–Kier alpha value is -1.10. The lowest BCUT2D eigenvalue weighted by Gasteiger charge is -2.38. The molecule has 0 radical (unpaired) electrons. The highest BCUT2D eigenvalue weighted by Crippen LogP contribution is 2.44. The van der Waals surface area contributed by atoms with Gasteiger partial charge in [0.15, 0.2) is 0 Å². The topological polar surface area (TPSA) is 72.6 Å². The Morgan fingerprint density at radius 3 is 2.24 bits per heavy atom. The van der Waals surface area contributed by atoms with Crippen molar-refractivity contribution >= 4 is 11.9 Å². The summed E-state index contributed by atoms with van der Waals surface area (Å²) in [5, 5.41) is 1.63. The summed E-state index contributed by atoms with van der Waals surface area (Å²) in [5.74, 6) is -0.962. The van der Waals surface area contributed by atoms with Crippen LogP contribution in [0.15, 0.2) is 0 Å². The molecule has 0 saturated carbocycles. The van der Waals surface area contributed by atoms with Crippen LogP contribution in [0, 0.1) is 5.92 Å². The van der Waals surface area contributed by atoms with Gasteiger partial charge in [-0.25, -0.2) is 0 Å². The molecule has 5 nitrogen and oxygen atoms in total. The summed E-state index contributed by atoms with van der Waals surface area (Å²) in [5.41, 5.74) is 4.46. The van der Waals surface area contributed by atoms with Gasteiger partial charge in [-0.1, -0.05) is 6.92 Å². The van der Waals surface area contributed by atoms with Crippen LogP contribution in [0.4, 0.5) is 0 Å². The van der Waals surface area contributed by atoms with Crippen LogP contribution >= 0.6 is 0 Å². The second-order valence-electron chi connectivity index (χ2n) is 5.74. The van der Waals surface area contributed by atoms with Crippen molar-refractivity contribution in [2.75, 3.05) is 0 Å². The SMILES string of the molecule is CCC(=O)ON1C(C)(C)CC(C(N)=O)C1(C)C. The largest absolute Gasteiger partial charge is 0.369 e. The number of nitrogens with two attached hydrogens (primary N) is 1. The fraction of sp³-hybridized carbons (Fsp3) is 0.833. The number of amides is 1. The highest BCUT2D eigenvalue weighted by molar-refractivity contribution is 5.79. The molecule has 0 aromatic rings. The molecule has 2 N–H and O–H groups in total. The minimum atomic E-state index is -0.569. The van der Waals surface area contributed by atoms with Gasteiger partial charge in [-0.3, -0.25) is 9.59 Å². The number of carbonyl (C=O) groups is 2. The van der Waals surface area contributed by atoms with E-state index < -0.39 is 5.54 Å². The molecule has 1 heterocycles. The zero-order valence-corrected chi connectivity index (χ0v) is 11.2. The summed E-state index contributed by atoms with van der Waals surface area (Å²) in [4.78, 5) is 28.3. The summed E-state index contributed by atoms with van der Waals surface area (Å²) in [6.07, 6.45) is 0.899. The van der Waals surface area contributed by atoms with Gasteiger partial charge in [0.2, 0.25) is 5.91 Å². The smallest absolute Gasteiger partial charge is 0.324 e. The highest BCUT2D eigenvalue weighted by atomic mass is 16.7. The van der Waals surface area contributed by atoms with Gasteiger partial charge in [0.05, 0.1) is 17.0 Å². The van der Waals surface area contributed by atoms with Crippen molar-refractivity contribution in [2.24, 2.45) is 11.7 Å². The zero-order chi connectivity index (χ0) is 13.4. The standard InChI is InChI=1S/C12H22N2O3/c1-6-9(15)17-14-11(2,3)7-8(10(13)16)12(14,4)5/h8H,6-7H2,1-5H3,(H2,13,16). The van der Waals surface area contributed by atoms with Crippen molar-refractivity contribution in [1.82, 2.24) is 5.06 Å². The lowest BCUT2D eigenvalue weighted by Crippen LogP contribution is -2.52. The monoisotopic (exact) mass is 242 g/mol. The van der Waals surface area contributed by atoms with Gasteiger partial charge < -0.3 is 10.6 Å². The fourth-order valence-corrected chi connectivity index (χ4v) is 2.61. The number of hydroxylamine groups is 2. The van der Waals surface area contributed by atoms with Crippen molar-refractivity contribution < 1.29 is 14.4 Å². The minimum absolute atomic E-state index is 0.295. The third-order valence-electron chi connectivity index (χ3n) is 3.45. The lowest BCUT2D eigenvalue weighted by molar-refractivity contribution is -0.236. The molecule has 0 aromatic heterocycles. The first-order valence-corrected chi connectivity index (χ1v) is 5.93. The molecule has 0 spiro atoms. The van der Waals surface area contributed by atoms with Crippen LogP contribution in [0.3, 0.4) is 0 Å². The van der Waals surface area contributed by atoms with Gasteiger partial charge in [-0.15, -0.1) is 5.06 Å². The van der Waals surface area contributed by atoms with Gasteiger partial charge in [0, 0.05) is 6.42 Å². The quantitative estimate of drug-likeness (QED) is 0.807. The van der Waals surface area contributed by atoms with E-state index in [-0.39, 0.29) is 23.3 Å². The van der Waals surface area contributed by atoms with Crippen LogP contribution in [0.25, 0.3) is 0 Å². The third kappa shape index (κ3) is 2.44. The summed E-state index contributed by atoms with van der Waals surface area (Å²) < 4.78 is 0. The first-order valence-electron chi connectivity index (χ1n) is 5.93. The Balaban J connectivity index is 3.01. The van der Waals surface area contributed by atoms with E-state index in [2.05, 4.69) is 0 Å². The van der Waals surface area contributed by atoms with Crippen LogP contribution in [0.2, 0.25) is 0 Å². The molecular weight excluding hydrogens is 220 g/mol. The molecular formula is C12H22N2O3. The molecule has 1 atom stereocenters. The maximum Gasteiger partial charge on any atom is 0.324 e. The van der Waals surface area contributed by atoms with E-state index in [1.807, 2.05) is 27.7 Å². The Bertz CT molecular complexity index is 337. The normalized spacial score (nSPS) is 26.8. The first-order chi connectivity index (χ1) is 7.63. The molecule has 0 aliphatic carbocycles. The Morgan fingerprint density at radius 2 is 1.88 bits per heavy atom. The summed E-state index contributed by atoms with van der Waals surface area (Å²) in [7, 11) is 0. The number of carbonyl (C=O) groups excluding carboxylic acids is 2. The Labute approximate surface area is 102 Å². The van der Waals surface area contributed by atoms with Crippen molar-refractivity contribution in [1.29, 1.82) is 0 Å². The van der Waals surface area contributed by atoms with Crippen LogP contribution in [-0.2, 0) is 14.4 Å². The second kappa shape index (κ2) is 4.29. The molecule has 17 heavy (non-hydrogen) atoms. The maximum atomic E-state index is 11.5. The predicted octanol–water partition coefficient (Wildman–Crippen LogP) is 1.22. The molecule has 1 aliphatic rings. The number of hydrogen-bond acceptors (Lipinski definition) is 4. The molecule has 1 aliphatic heterocycles. The zero-order valence-electron chi connectivity index (χ0n) is 11.2.